The molecule has 2 atom stereocenters. The lowest BCUT2D eigenvalue weighted by atomic mass is 9.84. The number of rotatable bonds is 3. The Morgan fingerprint density at radius 2 is 2.25 bits per heavy atom. The standard InChI is InChI=1S/C15H20BrN3O/c16-11-4-3-5-12(10-11)18-15(14(17)20)7-9-19-8-2-1-6-13(15)19/h3-5,10,13,18H,1-2,6-9H2,(H2,17,20). The Labute approximate surface area is 127 Å². The zero-order chi connectivity index (χ0) is 14.2. The summed E-state index contributed by atoms with van der Waals surface area (Å²) in [5.74, 6) is -0.230. The SMILES string of the molecule is NC(=O)C1(Nc2cccc(Br)c2)CCN2CCCCC21. The van der Waals surface area contributed by atoms with Gasteiger partial charge in [-0.05, 0) is 44.0 Å². The van der Waals surface area contributed by atoms with Crippen molar-refractivity contribution in [3.8, 4) is 0 Å². The molecule has 0 spiro atoms. The van der Waals surface area contributed by atoms with Gasteiger partial charge in [0.1, 0.15) is 5.54 Å². The van der Waals surface area contributed by atoms with Gasteiger partial charge in [-0.1, -0.05) is 28.4 Å². The molecule has 0 bridgehead atoms. The van der Waals surface area contributed by atoms with Gasteiger partial charge in [0, 0.05) is 22.7 Å². The summed E-state index contributed by atoms with van der Waals surface area (Å²) in [6.45, 7) is 2.04. The van der Waals surface area contributed by atoms with E-state index in [1.165, 1.54) is 12.8 Å². The van der Waals surface area contributed by atoms with Crippen molar-refractivity contribution in [3.05, 3.63) is 28.7 Å². The molecule has 3 N–H and O–H groups in total. The second kappa shape index (κ2) is 5.37. The number of amides is 1. The Kier molecular flexibility index (Phi) is 3.73. The van der Waals surface area contributed by atoms with Crippen molar-refractivity contribution in [2.24, 2.45) is 5.73 Å². The second-order valence-corrected chi connectivity index (χ2v) is 6.68. The first kappa shape index (κ1) is 13.9. The van der Waals surface area contributed by atoms with E-state index in [1.54, 1.807) is 0 Å². The van der Waals surface area contributed by atoms with Gasteiger partial charge in [-0.15, -0.1) is 0 Å². The van der Waals surface area contributed by atoms with Gasteiger partial charge in [0.15, 0.2) is 0 Å². The van der Waals surface area contributed by atoms with Crippen molar-refractivity contribution in [1.29, 1.82) is 0 Å². The molecule has 2 unspecified atom stereocenters. The molecule has 1 amide bonds. The van der Waals surface area contributed by atoms with Crippen LogP contribution in [-0.4, -0.2) is 35.5 Å². The Morgan fingerprint density at radius 3 is 3.00 bits per heavy atom. The van der Waals surface area contributed by atoms with Gasteiger partial charge in [-0.25, -0.2) is 0 Å². The fourth-order valence-electron chi connectivity index (χ4n) is 3.62. The van der Waals surface area contributed by atoms with Crippen LogP contribution in [0, 0.1) is 0 Å². The van der Waals surface area contributed by atoms with Gasteiger partial charge in [0.05, 0.1) is 0 Å². The summed E-state index contributed by atoms with van der Waals surface area (Å²) in [7, 11) is 0. The summed E-state index contributed by atoms with van der Waals surface area (Å²) in [6, 6.07) is 8.16. The number of hydrogen-bond acceptors (Lipinski definition) is 3. The fourth-order valence-corrected chi connectivity index (χ4v) is 4.02. The Bertz CT molecular complexity index is 522. The number of fused-ring (bicyclic) bond motifs is 1. The number of carbonyl (C=O) groups is 1. The Morgan fingerprint density at radius 1 is 1.40 bits per heavy atom. The van der Waals surface area contributed by atoms with Crippen LogP contribution in [0.5, 0.6) is 0 Å². The van der Waals surface area contributed by atoms with Gasteiger partial charge in [-0.3, -0.25) is 9.69 Å². The number of benzene rings is 1. The summed E-state index contributed by atoms with van der Waals surface area (Å²) in [6.07, 6.45) is 4.24. The fraction of sp³-hybridized carbons (Fsp3) is 0.533. The summed E-state index contributed by atoms with van der Waals surface area (Å²) < 4.78 is 1.00. The van der Waals surface area contributed by atoms with E-state index in [2.05, 4.69) is 26.1 Å². The third-order valence-corrected chi connectivity index (χ3v) is 5.10. The van der Waals surface area contributed by atoms with Crippen molar-refractivity contribution in [2.75, 3.05) is 18.4 Å². The van der Waals surface area contributed by atoms with Crippen LogP contribution in [0.15, 0.2) is 28.7 Å². The third-order valence-electron chi connectivity index (χ3n) is 4.61. The minimum atomic E-state index is -0.624. The van der Waals surface area contributed by atoms with Crippen molar-refractivity contribution in [1.82, 2.24) is 4.90 Å². The van der Waals surface area contributed by atoms with Gasteiger partial charge in [0.2, 0.25) is 5.91 Å². The first-order valence-electron chi connectivity index (χ1n) is 7.19. The summed E-state index contributed by atoms with van der Waals surface area (Å²) >= 11 is 3.47. The minimum absolute atomic E-state index is 0.229. The second-order valence-electron chi connectivity index (χ2n) is 5.77. The van der Waals surface area contributed by atoms with Crippen molar-refractivity contribution in [3.63, 3.8) is 0 Å². The van der Waals surface area contributed by atoms with Crippen LogP contribution in [0.25, 0.3) is 0 Å². The van der Waals surface area contributed by atoms with E-state index in [9.17, 15) is 4.79 Å². The van der Waals surface area contributed by atoms with E-state index in [0.29, 0.717) is 0 Å². The first-order chi connectivity index (χ1) is 9.62. The molecular formula is C15H20BrN3O. The molecule has 3 rings (SSSR count). The summed E-state index contributed by atoms with van der Waals surface area (Å²) in [5, 5.41) is 3.45. The van der Waals surface area contributed by atoms with Crippen molar-refractivity contribution >= 4 is 27.5 Å². The number of piperidine rings is 1. The molecule has 2 aliphatic rings. The number of primary amides is 1. The molecule has 0 radical (unpaired) electrons. The minimum Gasteiger partial charge on any atom is -0.370 e. The van der Waals surface area contributed by atoms with Crippen LogP contribution in [0.3, 0.4) is 0 Å². The molecule has 0 aliphatic carbocycles. The molecule has 5 heteroatoms. The van der Waals surface area contributed by atoms with Gasteiger partial charge < -0.3 is 11.1 Å². The average Bonchev–Trinajstić information content (AvgIpc) is 2.79. The molecule has 2 heterocycles. The van der Waals surface area contributed by atoms with Crippen LogP contribution in [0.2, 0.25) is 0 Å². The van der Waals surface area contributed by atoms with Crippen molar-refractivity contribution < 1.29 is 4.79 Å². The smallest absolute Gasteiger partial charge is 0.244 e. The van der Waals surface area contributed by atoms with E-state index < -0.39 is 5.54 Å². The summed E-state index contributed by atoms with van der Waals surface area (Å²) in [5.41, 5.74) is 6.11. The molecule has 108 valence electrons. The van der Waals surface area contributed by atoms with Gasteiger partial charge in [0.25, 0.3) is 0 Å². The van der Waals surface area contributed by atoms with Crippen LogP contribution in [-0.2, 0) is 4.79 Å². The lowest BCUT2D eigenvalue weighted by Gasteiger charge is -2.39. The predicted octanol–water partition coefficient (Wildman–Crippen LogP) is 2.34. The molecule has 1 aromatic carbocycles. The highest BCUT2D eigenvalue weighted by Crippen LogP contribution is 2.37. The van der Waals surface area contributed by atoms with Gasteiger partial charge >= 0.3 is 0 Å². The van der Waals surface area contributed by atoms with E-state index in [1.807, 2.05) is 24.3 Å². The maximum atomic E-state index is 12.2. The molecule has 2 fully saturated rings. The number of hydrogen-bond donors (Lipinski definition) is 2. The predicted molar refractivity (Wildman–Crippen MR) is 83.5 cm³/mol. The highest BCUT2D eigenvalue weighted by Gasteiger charge is 2.52. The van der Waals surface area contributed by atoms with Crippen LogP contribution >= 0.6 is 15.9 Å². The van der Waals surface area contributed by atoms with E-state index >= 15 is 0 Å². The quantitative estimate of drug-likeness (QED) is 0.889. The van der Waals surface area contributed by atoms with Gasteiger partial charge in [-0.2, -0.15) is 0 Å². The lowest BCUT2D eigenvalue weighted by molar-refractivity contribution is -0.123. The zero-order valence-corrected chi connectivity index (χ0v) is 13.0. The topological polar surface area (TPSA) is 58.4 Å². The summed E-state index contributed by atoms with van der Waals surface area (Å²) in [4.78, 5) is 14.6. The molecule has 2 saturated heterocycles. The maximum absolute atomic E-state index is 12.2. The number of nitrogens with two attached hydrogens (primary N) is 1. The Hall–Kier alpha value is -1.07. The number of carbonyl (C=O) groups excluding carboxylic acids is 1. The molecule has 0 saturated carbocycles. The largest absolute Gasteiger partial charge is 0.370 e. The highest BCUT2D eigenvalue weighted by molar-refractivity contribution is 9.10. The number of anilines is 1. The maximum Gasteiger partial charge on any atom is 0.244 e. The van der Waals surface area contributed by atoms with E-state index in [-0.39, 0.29) is 11.9 Å². The lowest BCUT2D eigenvalue weighted by Crippen LogP contribution is -2.59. The first-order valence-corrected chi connectivity index (χ1v) is 7.99. The normalized spacial score (nSPS) is 29.9. The number of nitrogens with zero attached hydrogens (tertiary/aromatic N) is 1. The van der Waals surface area contributed by atoms with Crippen LogP contribution in [0.1, 0.15) is 25.7 Å². The monoisotopic (exact) mass is 337 g/mol. The number of nitrogens with one attached hydrogen (secondary N) is 1. The Balaban J connectivity index is 1.90. The molecule has 20 heavy (non-hydrogen) atoms. The van der Waals surface area contributed by atoms with Crippen molar-refractivity contribution in [2.45, 2.75) is 37.3 Å². The zero-order valence-electron chi connectivity index (χ0n) is 11.4. The highest BCUT2D eigenvalue weighted by atomic mass is 79.9. The van der Waals surface area contributed by atoms with Crippen LogP contribution < -0.4 is 11.1 Å². The average molecular weight is 338 g/mol. The third kappa shape index (κ3) is 2.33. The number of halogens is 1. The van der Waals surface area contributed by atoms with Crippen LogP contribution in [0.4, 0.5) is 5.69 Å². The molecule has 4 nitrogen and oxygen atoms in total. The molecule has 0 aromatic heterocycles. The molecule has 1 aromatic rings. The van der Waals surface area contributed by atoms with E-state index in [0.717, 1.165) is 36.1 Å². The molecular weight excluding hydrogens is 318 g/mol. The molecule has 2 aliphatic heterocycles. The van der Waals surface area contributed by atoms with E-state index in [4.69, 9.17) is 5.73 Å².